The molecular formula is C26H32FN5O. The molecule has 6 nitrogen and oxygen atoms in total. The van der Waals surface area contributed by atoms with Crippen molar-refractivity contribution < 1.29 is 9.18 Å². The van der Waals surface area contributed by atoms with Gasteiger partial charge >= 0.3 is 6.03 Å². The van der Waals surface area contributed by atoms with Crippen molar-refractivity contribution >= 4 is 22.8 Å². The maximum absolute atomic E-state index is 14.8. The fraction of sp³-hybridized carbons (Fsp3) is 0.462. The first-order valence-corrected chi connectivity index (χ1v) is 11.6. The molecule has 33 heavy (non-hydrogen) atoms. The summed E-state index contributed by atoms with van der Waals surface area (Å²) in [5.41, 5.74) is 4.23. The van der Waals surface area contributed by atoms with Gasteiger partial charge in [-0.3, -0.25) is 0 Å². The van der Waals surface area contributed by atoms with E-state index >= 15 is 0 Å². The number of pyridine rings is 1. The second-order valence-corrected chi connectivity index (χ2v) is 10.0. The minimum atomic E-state index is -0.446. The number of likely N-dealkylation sites (tertiary alicyclic amines) is 1. The Labute approximate surface area is 194 Å². The van der Waals surface area contributed by atoms with Crippen LogP contribution in [0.25, 0.3) is 22.2 Å². The van der Waals surface area contributed by atoms with Gasteiger partial charge in [-0.05, 0) is 60.9 Å². The van der Waals surface area contributed by atoms with Crippen LogP contribution in [0, 0.1) is 31.0 Å². The number of urea groups is 1. The van der Waals surface area contributed by atoms with Crippen LogP contribution in [0.15, 0.2) is 24.4 Å². The summed E-state index contributed by atoms with van der Waals surface area (Å²) in [7, 11) is 0. The Balaban J connectivity index is 1.64. The highest BCUT2D eigenvalue weighted by atomic mass is 19.1. The van der Waals surface area contributed by atoms with Crippen molar-refractivity contribution in [2.45, 2.75) is 54.4 Å². The molecule has 3 heterocycles. The third kappa shape index (κ3) is 4.68. The van der Waals surface area contributed by atoms with E-state index in [-0.39, 0.29) is 17.1 Å². The Morgan fingerprint density at radius 3 is 2.61 bits per heavy atom. The number of anilines is 1. The lowest BCUT2D eigenvalue weighted by Crippen LogP contribution is -2.34. The number of nitrogens with zero attached hydrogens (tertiary/aromatic N) is 4. The van der Waals surface area contributed by atoms with Gasteiger partial charge in [0.05, 0.1) is 5.69 Å². The first kappa shape index (κ1) is 23.1. The summed E-state index contributed by atoms with van der Waals surface area (Å²) in [5, 5.41) is 3.63. The molecule has 2 aromatic heterocycles. The van der Waals surface area contributed by atoms with E-state index in [9.17, 15) is 9.18 Å². The molecule has 1 aromatic carbocycles. The summed E-state index contributed by atoms with van der Waals surface area (Å²) in [5.74, 6) is 0.739. The van der Waals surface area contributed by atoms with Gasteiger partial charge in [0.1, 0.15) is 11.6 Å². The van der Waals surface area contributed by atoms with Crippen LogP contribution in [0.3, 0.4) is 0 Å². The zero-order valence-corrected chi connectivity index (χ0v) is 20.3. The third-order valence-electron chi connectivity index (χ3n) is 6.67. The molecule has 1 aliphatic heterocycles. The summed E-state index contributed by atoms with van der Waals surface area (Å²) < 4.78 is 14.8. The summed E-state index contributed by atoms with van der Waals surface area (Å²) in [6.07, 6.45) is 3.48. The van der Waals surface area contributed by atoms with Crippen molar-refractivity contribution in [2.24, 2.45) is 11.3 Å². The number of benzene rings is 1. The fourth-order valence-electron chi connectivity index (χ4n) is 4.44. The van der Waals surface area contributed by atoms with Gasteiger partial charge in [0.2, 0.25) is 0 Å². The van der Waals surface area contributed by atoms with E-state index < -0.39 is 5.82 Å². The van der Waals surface area contributed by atoms with E-state index in [1.165, 1.54) is 6.07 Å². The first-order chi connectivity index (χ1) is 15.6. The average Bonchev–Trinajstić information content (AvgIpc) is 3.26. The zero-order valence-electron chi connectivity index (χ0n) is 20.3. The van der Waals surface area contributed by atoms with E-state index in [1.54, 1.807) is 17.2 Å². The Morgan fingerprint density at radius 2 is 1.94 bits per heavy atom. The Bertz CT molecular complexity index is 1220. The second kappa shape index (κ2) is 8.69. The quantitative estimate of drug-likeness (QED) is 0.540. The highest BCUT2D eigenvalue weighted by Crippen LogP contribution is 2.35. The van der Waals surface area contributed by atoms with Gasteiger partial charge < -0.3 is 10.2 Å². The monoisotopic (exact) mass is 449 g/mol. The van der Waals surface area contributed by atoms with Crippen LogP contribution in [0.2, 0.25) is 0 Å². The standard InChI is InChI=1S/C26H32FN5O/c1-7-23-28-13-17-11-20(16(3)29-24(17)31-23)19-12-22(21(27)10-15(19)2)30-25(33)32-9-8-18(14-32)26(4,5)6/h10-13,18H,7-9,14H2,1-6H3,(H,30,33). The lowest BCUT2D eigenvalue weighted by molar-refractivity contribution is 0.208. The molecule has 0 spiro atoms. The smallest absolute Gasteiger partial charge is 0.321 e. The van der Waals surface area contributed by atoms with Crippen molar-refractivity contribution in [3.63, 3.8) is 0 Å². The molecule has 1 aliphatic rings. The van der Waals surface area contributed by atoms with Crippen molar-refractivity contribution in [1.82, 2.24) is 19.9 Å². The molecule has 1 fully saturated rings. The molecule has 1 atom stereocenters. The number of carbonyl (C=O) groups is 1. The molecule has 7 heteroatoms. The minimum absolute atomic E-state index is 0.138. The molecule has 0 bridgehead atoms. The molecular weight excluding hydrogens is 417 g/mol. The molecule has 1 saturated heterocycles. The largest absolute Gasteiger partial charge is 0.324 e. The number of nitrogens with one attached hydrogen (secondary N) is 1. The Morgan fingerprint density at radius 1 is 1.18 bits per heavy atom. The lowest BCUT2D eigenvalue weighted by atomic mass is 9.80. The number of rotatable bonds is 3. The van der Waals surface area contributed by atoms with Crippen molar-refractivity contribution in [1.29, 1.82) is 0 Å². The number of halogens is 1. The molecule has 4 rings (SSSR count). The predicted molar refractivity (Wildman–Crippen MR) is 130 cm³/mol. The van der Waals surface area contributed by atoms with Gasteiger partial charge in [-0.1, -0.05) is 27.7 Å². The minimum Gasteiger partial charge on any atom is -0.324 e. The van der Waals surface area contributed by atoms with Crippen LogP contribution in [0.5, 0.6) is 0 Å². The SMILES string of the molecule is CCc1ncc2cc(-c3cc(NC(=O)N4CCC(C(C)(C)C)C4)c(F)cc3C)c(C)nc2n1. The average molecular weight is 450 g/mol. The Hall–Kier alpha value is -3.09. The molecule has 0 aliphatic carbocycles. The van der Waals surface area contributed by atoms with Crippen LogP contribution < -0.4 is 5.32 Å². The number of hydrogen-bond acceptors (Lipinski definition) is 4. The third-order valence-corrected chi connectivity index (χ3v) is 6.67. The van der Waals surface area contributed by atoms with Crippen molar-refractivity contribution in [2.75, 3.05) is 18.4 Å². The highest BCUT2D eigenvalue weighted by molar-refractivity contribution is 5.91. The molecule has 174 valence electrons. The van der Waals surface area contributed by atoms with Crippen LogP contribution >= 0.6 is 0 Å². The van der Waals surface area contributed by atoms with Crippen molar-refractivity contribution in [3.8, 4) is 11.1 Å². The van der Waals surface area contributed by atoms with Crippen LogP contribution in [0.1, 0.15) is 51.2 Å². The lowest BCUT2D eigenvalue weighted by Gasteiger charge is -2.27. The van der Waals surface area contributed by atoms with E-state index in [0.29, 0.717) is 24.7 Å². The van der Waals surface area contributed by atoms with Gasteiger partial charge in [-0.15, -0.1) is 0 Å². The highest BCUT2D eigenvalue weighted by Gasteiger charge is 2.34. The van der Waals surface area contributed by atoms with Gasteiger partial charge in [0, 0.05) is 42.4 Å². The molecule has 0 radical (unpaired) electrons. The van der Waals surface area contributed by atoms with Gasteiger partial charge in [0.25, 0.3) is 0 Å². The summed E-state index contributed by atoms with van der Waals surface area (Å²) in [6.45, 7) is 13.7. The number of fused-ring (bicyclic) bond motifs is 1. The van der Waals surface area contributed by atoms with E-state index in [0.717, 1.165) is 46.4 Å². The van der Waals surface area contributed by atoms with Crippen LogP contribution in [-0.2, 0) is 6.42 Å². The summed E-state index contributed by atoms with van der Waals surface area (Å²) >= 11 is 0. The second-order valence-electron chi connectivity index (χ2n) is 10.0. The van der Waals surface area contributed by atoms with Gasteiger partial charge in [-0.25, -0.2) is 24.1 Å². The van der Waals surface area contributed by atoms with Crippen LogP contribution in [-0.4, -0.2) is 39.0 Å². The number of hydrogen-bond donors (Lipinski definition) is 1. The predicted octanol–water partition coefficient (Wildman–Crippen LogP) is 5.91. The fourth-order valence-corrected chi connectivity index (χ4v) is 4.44. The van der Waals surface area contributed by atoms with E-state index in [1.807, 2.05) is 26.8 Å². The Kier molecular flexibility index (Phi) is 6.08. The molecule has 3 aromatic rings. The maximum Gasteiger partial charge on any atom is 0.321 e. The number of aryl methyl sites for hydroxylation is 3. The van der Waals surface area contributed by atoms with E-state index in [2.05, 4.69) is 41.0 Å². The van der Waals surface area contributed by atoms with Gasteiger partial charge in [0.15, 0.2) is 5.65 Å². The topological polar surface area (TPSA) is 71.0 Å². The number of carbonyl (C=O) groups excluding carboxylic acids is 1. The maximum atomic E-state index is 14.8. The number of aromatic nitrogens is 3. The molecule has 0 saturated carbocycles. The zero-order chi connectivity index (χ0) is 23.9. The van der Waals surface area contributed by atoms with Crippen LogP contribution in [0.4, 0.5) is 14.9 Å². The number of amides is 2. The van der Waals surface area contributed by atoms with Crippen molar-refractivity contribution in [3.05, 3.63) is 47.3 Å². The molecule has 1 unspecified atom stereocenters. The molecule has 2 amide bonds. The summed E-state index contributed by atoms with van der Waals surface area (Å²) in [4.78, 5) is 28.2. The summed E-state index contributed by atoms with van der Waals surface area (Å²) in [6, 6.07) is 4.89. The van der Waals surface area contributed by atoms with Gasteiger partial charge in [-0.2, -0.15) is 0 Å². The normalized spacial score (nSPS) is 16.5. The van der Waals surface area contributed by atoms with E-state index in [4.69, 9.17) is 0 Å². The first-order valence-electron chi connectivity index (χ1n) is 11.6. The molecule has 1 N–H and O–H groups in total.